The number of carbonyl (C=O) groups excluding carboxylic acids is 1. The minimum absolute atomic E-state index is 0.237. The van der Waals surface area contributed by atoms with E-state index in [0.717, 1.165) is 13.0 Å². The molecule has 0 radical (unpaired) electrons. The van der Waals surface area contributed by atoms with Gasteiger partial charge in [-0.1, -0.05) is 18.2 Å². The number of anilines is 1. The lowest BCUT2D eigenvalue weighted by Gasteiger charge is -2.28. The molecule has 3 N–H and O–H groups in total. The number of carbonyl (C=O) groups is 1. The van der Waals surface area contributed by atoms with Crippen LogP contribution in [0, 0.1) is 0 Å². The zero-order valence-electron chi connectivity index (χ0n) is 11.8. The van der Waals surface area contributed by atoms with Crippen molar-refractivity contribution in [2.45, 2.75) is 44.2 Å². The van der Waals surface area contributed by atoms with Crippen LogP contribution in [0.4, 0.5) is 5.69 Å². The number of hydrogen-bond donors (Lipinski definition) is 2. The molecule has 1 aromatic carbocycles. The molecule has 4 nitrogen and oxygen atoms in total. The first kappa shape index (κ1) is 13.4. The summed E-state index contributed by atoms with van der Waals surface area (Å²) in [5.74, 6) is -0.237. The first-order valence-corrected chi connectivity index (χ1v) is 7.62. The topological polar surface area (TPSA) is 58.4 Å². The fourth-order valence-corrected chi connectivity index (χ4v) is 2.94. The molecule has 0 bridgehead atoms. The molecule has 108 valence electrons. The lowest BCUT2D eigenvalue weighted by Crippen LogP contribution is -2.50. The number of hydrogen-bond acceptors (Lipinski definition) is 3. The molecule has 1 aromatic rings. The summed E-state index contributed by atoms with van der Waals surface area (Å²) >= 11 is 0. The second kappa shape index (κ2) is 5.83. The van der Waals surface area contributed by atoms with Crippen molar-refractivity contribution < 1.29 is 4.79 Å². The first-order chi connectivity index (χ1) is 9.74. The zero-order valence-corrected chi connectivity index (χ0v) is 11.8. The summed E-state index contributed by atoms with van der Waals surface area (Å²) in [6.45, 7) is 1.69. The molecule has 1 heterocycles. The SMILES string of the molecule is NC(=O)C(CN1CCCCc2ccccc21)NC1CC1. The number of primary amides is 1. The van der Waals surface area contributed by atoms with E-state index in [2.05, 4.69) is 34.5 Å². The Morgan fingerprint density at radius 3 is 2.90 bits per heavy atom. The van der Waals surface area contributed by atoms with Gasteiger partial charge >= 0.3 is 0 Å². The first-order valence-electron chi connectivity index (χ1n) is 7.62. The Bertz CT molecular complexity index is 484. The second-order valence-electron chi connectivity index (χ2n) is 5.93. The maximum Gasteiger partial charge on any atom is 0.236 e. The molecule has 0 saturated heterocycles. The maximum absolute atomic E-state index is 11.7. The number of para-hydroxylation sites is 1. The Morgan fingerprint density at radius 1 is 1.35 bits per heavy atom. The third-order valence-electron chi connectivity index (χ3n) is 4.22. The van der Waals surface area contributed by atoms with Crippen molar-refractivity contribution in [1.29, 1.82) is 0 Å². The van der Waals surface area contributed by atoms with Crippen molar-refractivity contribution >= 4 is 11.6 Å². The van der Waals surface area contributed by atoms with Gasteiger partial charge in [0.25, 0.3) is 0 Å². The van der Waals surface area contributed by atoms with Crippen molar-refractivity contribution in [2.24, 2.45) is 5.73 Å². The summed E-state index contributed by atoms with van der Waals surface area (Å²) in [7, 11) is 0. The summed E-state index contributed by atoms with van der Waals surface area (Å²) in [5.41, 5.74) is 8.22. The van der Waals surface area contributed by atoms with Crippen molar-refractivity contribution in [3.8, 4) is 0 Å². The summed E-state index contributed by atoms with van der Waals surface area (Å²) in [6, 6.07) is 8.78. The van der Waals surface area contributed by atoms with E-state index in [1.807, 2.05) is 0 Å². The largest absolute Gasteiger partial charge is 0.369 e. The molecule has 0 spiro atoms. The van der Waals surface area contributed by atoms with Gasteiger partial charge in [-0.2, -0.15) is 0 Å². The third kappa shape index (κ3) is 3.12. The Hall–Kier alpha value is -1.55. The van der Waals surface area contributed by atoms with Gasteiger partial charge in [0.1, 0.15) is 6.04 Å². The van der Waals surface area contributed by atoms with Crippen LogP contribution in [-0.2, 0) is 11.2 Å². The van der Waals surface area contributed by atoms with Gasteiger partial charge in [-0.15, -0.1) is 0 Å². The maximum atomic E-state index is 11.7. The zero-order chi connectivity index (χ0) is 13.9. The molecule has 1 fully saturated rings. The van der Waals surface area contributed by atoms with Crippen LogP contribution in [0.5, 0.6) is 0 Å². The van der Waals surface area contributed by atoms with Gasteiger partial charge in [-0.3, -0.25) is 4.79 Å². The number of fused-ring (bicyclic) bond motifs is 1. The van der Waals surface area contributed by atoms with Gasteiger partial charge < -0.3 is 16.0 Å². The Balaban J connectivity index is 1.76. The Kier molecular flexibility index (Phi) is 3.92. The van der Waals surface area contributed by atoms with Gasteiger partial charge in [-0.25, -0.2) is 0 Å². The lowest BCUT2D eigenvalue weighted by molar-refractivity contribution is -0.119. The van der Waals surface area contributed by atoms with Gasteiger partial charge in [0, 0.05) is 24.8 Å². The van der Waals surface area contributed by atoms with Gasteiger partial charge in [-0.05, 0) is 43.7 Å². The molecule has 0 aromatic heterocycles. The van der Waals surface area contributed by atoms with E-state index in [-0.39, 0.29) is 11.9 Å². The van der Waals surface area contributed by atoms with E-state index in [1.165, 1.54) is 36.9 Å². The molecule has 1 saturated carbocycles. The lowest BCUT2D eigenvalue weighted by atomic mass is 10.1. The van der Waals surface area contributed by atoms with Crippen LogP contribution in [0.25, 0.3) is 0 Å². The van der Waals surface area contributed by atoms with Gasteiger partial charge in [0.05, 0.1) is 0 Å². The van der Waals surface area contributed by atoms with E-state index in [9.17, 15) is 4.79 Å². The Labute approximate surface area is 120 Å². The van der Waals surface area contributed by atoms with Crippen LogP contribution in [0.1, 0.15) is 31.2 Å². The Morgan fingerprint density at radius 2 is 2.15 bits per heavy atom. The molecule has 1 aliphatic heterocycles. The average Bonchev–Trinajstić information content (AvgIpc) is 3.26. The summed E-state index contributed by atoms with van der Waals surface area (Å²) < 4.78 is 0. The summed E-state index contributed by atoms with van der Waals surface area (Å²) in [5, 5.41) is 3.37. The van der Waals surface area contributed by atoms with E-state index in [4.69, 9.17) is 5.73 Å². The molecule has 1 unspecified atom stereocenters. The number of nitrogens with two attached hydrogens (primary N) is 1. The quantitative estimate of drug-likeness (QED) is 0.853. The fourth-order valence-electron chi connectivity index (χ4n) is 2.94. The highest BCUT2D eigenvalue weighted by Gasteiger charge is 2.29. The average molecular weight is 273 g/mol. The van der Waals surface area contributed by atoms with Crippen LogP contribution in [0.3, 0.4) is 0 Å². The molecule has 1 amide bonds. The highest BCUT2D eigenvalue weighted by molar-refractivity contribution is 5.81. The molecule has 1 atom stereocenters. The molecule has 1 aliphatic carbocycles. The summed E-state index contributed by atoms with van der Waals surface area (Å²) in [4.78, 5) is 14.0. The molecule has 3 rings (SSSR count). The molecule has 20 heavy (non-hydrogen) atoms. The van der Waals surface area contributed by atoms with Crippen molar-refractivity contribution in [3.63, 3.8) is 0 Å². The highest BCUT2D eigenvalue weighted by Crippen LogP contribution is 2.26. The number of rotatable bonds is 5. The van der Waals surface area contributed by atoms with Crippen molar-refractivity contribution in [2.75, 3.05) is 18.0 Å². The third-order valence-corrected chi connectivity index (χ3v) is 4.22. The number of aryl methyl sites for hydroxylation is 1. The predicted molar refractivity (Wildman–Crippen MR) is 80.7 cm³/mol. The van der Waals surface area contributed by atoms with Crippen LogP contribution < -0.4 is 16.0 Å². The van der Waals surface area contributed by atoms with Gasteiger partial charge in [0.15, 0.2) is 0 Å². The fraction of sp³-hybridized carbons (Fsp3) is 0.562. The smallest absolute Gasteiger partial charge is 0.236 e. The highest BCUT2D eigenvalue weighted by atomic mass is 16.1. The van der Waals surface area contributed by atoms with Crippen molar-refractivity contribution in [1.82, 2.24) is 5.32 Å². The number of benzene rings is 1. The van der Waals surface area contributed by atoms with Crippen LogP contribution in [0.2, 0.25) is 0 Å². The van der Waals surface area contributed by atoms with Crippen LogP contribution >= 0.6 is 0 Å². The van der Waals surface area contributed by atoms with Crippen LogP contribution in [-0.4, -0.2) is 31.1 Å². The minimum atomic E-state index is -0.242. The van der Waals surface area contributed by atoms with E-state index < -0.39 is 0 Å². The second-order valence-corrected chi connectivity index (χ2v) is 5.93. The van der Waals surface area contributed by atoms with Crippen LogP contribution in [0.15, 0.2) is 24.3 Å². The normalized spacial score (nSPS) is 20.1. The van der Waals surface area contributed by atoms with Gasteiger partial charge in [0.2, 0.25) is 5.91 Å². The standard InChI is InChI=1S/C16H23N3O/c17-16(20)14(18-13-8-9-13)11-19-10-4-3-6-12-5-1-2-7-15(12)19/h1-2,5,7,13-14,18H,3-4,6,8-11H2,(H2,17,20). The molecular formula is C16H23N3O. The molecular weight excluding hydrogens is 250 g/mol. The minimum Gasteiger partial charge on any atom is -0.369 e. The molecule has 4 heteroatoms. The van der Waals surface area contributed by atoms with E-state index in [0.29, 0.717) is 12.6 Å². The van der Waals surface area contributed by atoms with E-state index >= 15 is 0 Å². The predicted octanol–water partition coefficient (Wildman–Crippen LogP) is 1.44. The number of nitrogens with zero attached hydrogens (tertiary/aromatic N) is 1. The van der Waals surface area contributed by atoms with Crippen molar-refractivity contribution in [3.05, 3.63) is 29.8 Å². The number of amides is 1. The monoisotopic (exact) mass is 273 g/mol. The molecule has 2 aliphatic rings. The summed E-state index contributed by atoms with van der Waals surface area (Å²) in [6.07, 6.45) is 5.85. The van der Waals surface area contributed by atoms with E-state index in [1.54, 1.807) is 0 Å². The number of nitrogens with one attached hydrogen (secondary N) is 1.